The molecule has 1 aromatic carbocycles. The fraction of sp³-hybridized carbons (Fsp3) is 0.500. The second-order valence-corrected chi connectivity index (χ2v) is 7.52. The molecule has 0 amide bonds. The fourth-order valence-corrected chi connectivity index (χ4v) is 2.83. The smallest absolute Gasteiger partial charge is 0.360 e. The molecule has 0 saturated heterocycles. The number of hydrogen-bond acceptors (Lipinski definition) is 8. The van der Waals surface area contributed by atoms with Crippen LogP contribution in [0.2, 0.25) is 0 Å². The van der Waals surface area contributed by atoms with Crippen molar-refractivity contribution in [1.82, 2.24) is 14.9 Å². The Balaban J connectivity index is 2.12. The molecule has 2 rings (SSSR count). The highest BCUT2D eigenvalue weighted by molar-refractivity contribution is 7.09. The first-order valence-electron chi connectivity index (χ1n) is 8.46. The summed E-state index contributed by atoms with van der Waals surface area (Å²) in [6.45, 7) is 8.64. The van der Waals surface area contributed by atoms with E-state index in [0.717, 1.165) is 11.5 Å². The van der Waals surface area contributed by atoms with Gasteiger partial charge in [0.15, 0.2) is 5.69 Å². The number of carbonyl (C=O) groups excluding carboxylic acids is 1. The average molecular weight is 379 g/mol. The van der Waals surface area contributed by atoms with Gasteiger partial charge in [-0.05, 0) is 51.4 Å². The van der Waals surface area contributed by atoms with Crippen LogP contribution in [0.5, 0.6) is 5.75 Å². The van der Waals surface area contributed by atoms with Gasteiger partial charge in [0.05, 0.1) is 11.5 Å². The summed E-state index contributed by atoms with van der Waals surface area (Å²) < 4.78 is 14.7. The lowest BCUT2D eigenvalue weighted by Crippen LogP contribution is -2.42. The monoisotopic (exact) mass is 379 g/mol. The summed E-state index contributed by atoms with van der Waals surface area (Å²) in [4.78, 5) is 12.6. The molecule has 0 radical (unpaired) electrons. The van der Waals surface area contributed by atoms with E-state index in [9.17, 15) is 9.90 Å². The van der Waals surface area contributed by atoms with Gasteiger partial charge >= 0.3 is 5.97 Å². The SMILES string of the molecule is CCOC(=O)c1nnsc1-c1ccccc1OCC(O)CNC(C)(C)C. The lowest BCUT2D eigenvalue weighted by molar-refractivity contribution is 0.0520. The molecule has 2 aromatic rings. The number of nitrogens with zero attached hydrogens (tertiary/aromatic N) is 2. The van der Waals surface area contributed by atoms with Crippen LogP contribution in [0.1, 0.15) is 38.2 Å². The van der Waals surface area contributed by atoms with Crippen molar-refractivity contribution in [2.45, 2.75) is 39.3 Å². The van der Waals surface area contributed by atoms with Gasteiger partial charge in [-0.3, -0.25) is 0 Å². The maximum Gasteiger partial charge on any atom is 0.360 e. The van der Waals surface area contributed by atoms with Crippen LogP contribution >= 0.6 is 11.5 Å². The minimum atomic E-state index is -0.661. The van der Waals surface area contributed by atoms with Crippen LogP contribution in [0.25, 0.3) is 10.4 Å². The third-order valence-electron chi connectivity index (χ3n) is 3.39. The summed E-state index contributed by atoms with van der Waals surface area (Å²) in [5.74, 6) is 0.0411. The zero-order valence-corrected chi connectivity index (χ0v) is 16.3. The van der Waals surface area contributed by atoms with Crippen LogP contribution in [0, 0.1) is 0 Å². The van der Waals surface area contributed by atoms with Gasteiger partial charge in [0.2, 0.25) is 0 Å². The minimum absolute atomic E-state index is 0.0816. The average Bonchev–Trinajstić information content (AvgIpc) is 3.07. The van der Waals surface area contributed by atoms with Gasteiger partial charge in [0.1, 0.15) is 18.5 Å². The van der Waals surface area contributed by atoms with E-state index >= 15 is 0 Å². The van der Waals surface area contributed by atoms with E-state index in [1.54, 1.807) is 13.0 Å². The third kappa shape index (κ3) is 5.76. The van der Waals surface area contributed by atoms with Crippen molar-refractivity contribution in [3.05, 3.63) is 30.0 Å². The Morgan fingerprint density at radius 2 is 2.08 bits per heavy atom. The molecule has 0 spiro atoms. The second kappa shape index (κ2) is 9.07. The molecule has 0 aliphatic heterocycles. The summed E-state index contributed by atoms with van der Waals surface area (Å²) in [6.07, 6.45) is -0.661. The number of nitrogens with one attached hydrogen (secondary N) is 1. The van der Waals surface area contributed by atoms with E-state index in [-0.39, 0.29) is 24.4 Å². The van der Waals surface area contributed by atoms with E-state index in [4.69, 9.17) is 9.47 Å². The lowest BCUT2D eigenvalue weighted by atomic mass is 10.1. The largest absolute Gasteiger partial charge is 0.490 e. The van der Waals surface area contributed by atoms with Crippen LogP contribution in [0.15, 0.2) is 24.3 Å². The standard InChI is InChI=1S/C18H25N3O4S/c1-5-24-17(23)15-16(26-21-20-15)13-8-6-7-9-14(13)25-11-12(22)10-19-18(2,3)4/h6-9,12,19,22H,5,10-11H2,1-4H3. The Morgan fingerprint density at radius 3 is 2.77 bits per heavy atom. The van der Waals surface area contributed by atoms with E-state index in [0.29, 0.717) is 22.7 Å². The number of β-amino-alcohol motifs (C(OH)–C–C–N with tert-alkyl or cyclic N) is 1. The minimum Gasteiger partial charge on any atom is -0.490 e. The van der Waals surface area contributed by atoms with Crippen LogP contribution in [0.3, 0.4) is 0 Å². The Bertz CT molecular complexity index is 727. The van der Waals surface area contributed by atoms with Crippen LogP contribution in [-0.2, 0) is 4.74 Å². The van der Waals surface area contributed by atoms with Crippen molar-refractivity contribution >= 4 is 17.5 Å². The number of rotatable bonds is 8. The predicted octanol–water partition coefficient (Wildman–Crippen LogP) is 2.51. The molecule has 0 fully saturated rings. The molecule has 0 aliphatic carbocycles. The number of benzene rings is 1. The van der Waals surface area contributed by atoms with Gasteiger partial charge in [-0.2, -0.15) is 0 Å². The lowest BCUT2D eigenvalue weighted by Gasteiger charge is -2.23. The van der Waals surface area contributed by atoms with Crippen LogP contribution in [0.4, 0.5) is 0 Å². The van der Waals surface area contributed by atoms with Crippen molar-refractivity contribution in [2.75, 3.05) is 19.8 Å². The highest BCUT2D eigenvalue weighted by Crippen LogP contribution is 2.34. The van der Waals surface area contributed by atoms with Gasteiger partial charge in [-0.1, -0.05) is 16.6 Å². The first kappa shape index (κ1) is 20.3. The van der Waals surface area contributed by atoms with Crippen molar-refractivity contribution in [2.24, 2.45) is 0 Å². The number of ether oxygens (including phenoxy) is 2. The highest BCUT2D eigenvalue weighted by Gasteiger charge is 2.22. The number of para-hydroxylation sites is 1. The quantitative estimate of drug-likeness (QED) is 0.681. The van der Waals surface area contributed by atoms with E-state index < -0.39 is 12.1 Å². The molecule has 1 atom stereocenters. The van der Waals surface area contributed by atoms with Gasteiger partial charge in [0, 0.05) is 17.6 Å². The molecule has 1 aromatic heterocycles. The number of aliphatic hydroxyl groups excluding tert-OH is 1. The van der Waals surface area contributed by atoms with Gasteiger partial charge in [-0.15, -0.1) is 5.10 Å². The van der Waals surface area contributed by atoms with E-state index in [1.807, 2.05) is 39.0 Å². The molecule has 8 heteroatoms. The molecule has 1 unspecified atom stereocenters. The molecule has 0 bridgehead atoms. The Kier molecular flexibility index (Phi) is 7.07. The highest BCUT2D eigenvalue weighted by atomic mass is 32.1. The maximum absolute atomic E-state index is 12.0. The first-order valence-corrected chi connectivity index (χ1v) is 9.24. The molecule has 142 valence electrons. The van der Waals surface area contributed by atoms with Gasteiger partial charge in [-0.25, -0.2) is 4.79 Å². The molecule has 0 aliphatic rings. The third-order valence-corrected chi connectivity index (χ3v) is 4.15. The summed E-state index contributed by atoms with van der Waals surface area (Å²) in [6, 6.07) is 7.28. The molecule has 7 nitrogen and oxygen atoms in total. The number of carbonyl (C=O) groups is 1. The van der Waals surface area contributed by atoms with Gasteiger partial charge in [0.25, 0.3) is 0 Å². The molecular formula is C18H25N3O4S. The normalized spacial score (nSPS) is 12.7. The van der Waals surface area contributed by atoms with Gasteiger partial charge < -0.3 is 19.9 Å². The Labute approximate surface area is 157 Å². The molecular weight excluding hydrogens is 354 g/mol. The van der Waals surface area contributed by atoms with Crippen molar-refractivity contribution in [3.63, 3.8) is 0 Å². The zero-order chi connectivity index (χ0) is 19.2. The number of aliphatic hydroxyl groups is 1. The first-order chi connectivity index (χ1) is 12.3. The molecule has 1 heterocycles. The van der Waals surface area contributed by atoms with Crippen LogP contribution < -0.4 is 10.1 Å². The number of hydrogen-bond donors (Lipinski definition) is 2. The second-order valence-electron chi connectivity index (χ2n) is 6.76. The summed E-state index contributed by atoms with van der Waals surface area (Å²) >= 11 is 1.10. The summed E-state index contributed by atoms with van der Waals surface area (Å²) in [7, 11) is 0. The van der Waals surface area contributed by atoms with Crippen LogP contribution in [-0.4, -0.2) is 52.1 Å². The number of esters is 1. The summed E-state index contributed by atoms with van der Waals surface area (Å²) in [5.41, 5.74) is 0.784. The van der Waals surface area contributed by atoms with E-state index in [2.05, 4.69) is 14.9 Å². The molecule has 0 saturated carbocycles. The topological polar surface area (TPSA) is 93.6 Å². The molecule has 2 N–H and O–H groups in total. The van der Waals surface area contributed by atoms with Crippen molar-refractivity contribution < 1.29 is 19.4 Å². The van der Waals surface area contributed by atoms with Crippen molar-refractivity contribution in [1.29, 1.82) is 0 Å². The maximum atomic E-state index is 12.0. The fourth-order valence-electron chi connectivity index (χ4n) is 2.15. The molecule has 26 heavy (non-hydrogen) atoms. The number of aromatic nitrogens is 2. The Morgan fingerprint density at radius 1 is 1.35 bits per heavy atom. The van der Waals surface area contributed by atoms with Crippen molar-refractivity contribution in [3.8, 4) is 16.2 Å². The summed E-state index contributed by atoms with van der Waals surface area (Å²) in [5, 5.41) is 17.2. The van der Waals surface area contributed by atoms with E-state index in [1.165, 1.54) is 0 Å². The predicted molar refractivity (Wildman–Crippen MR) is 101 cm³/mol. The zero-order valence-electron chi connectivity index (χ0n) is 15.5. The Hall–Kier alpha value is -2.03.